The van der Waals surface area contributed by atoms with Crippen LogP contribution >= 0.6 is 0 Å². The summed E-state index contributed by atoms with van der Waals surface area (Å²) in [7, 11) is 0. The smallest absolute Gasteiger partial charge is 0.156 e. The SMILES string of the molecule is CC(C)(C)OC1=CC=CC1.CC(C)(C)Oc1cccnc1.CC(C)(C)Oc1cncc2c1CCCC2.CC(C)(C)Oc1cncnc1. The molecule has 47 heavy (non-hydrogen) atoms. The molecular formula is C39H58N4O4. The lowest BCUT2D eigenvalue weighted by atomic mass is 9.93. The minimum Gasteiger partial charge on any atom is -0.492 e. The standard InChI is InChI=1S/C13H19NO.C9H13NO.C9H14O.C8H12N2O/c1-13(2,3)15-12-9-14-8-10-6-4-5-7-11(10)12;1-9(2,3)11-8-5-4-6-10-7-8;1-9(2,3)10-8-6-4-5-7-8;1-8(2,3)11-7-4-9-6-10-5-7/h8-9H,4-7H2,1-3H3;4-7H,1-3H3;4-6H,7H2,1-3H3;4-6H,1-3H3. The minimum absolute atomic E-state index is 0.0438. The first-order chi connectivity index (χ1) is 21.8. The van der Waals surface area contributed by atoms with E-state index < -0.39 is 0 Å². The molecule has 0 unspecified atom stereocenters. The van der Waals surface area contributed by atoms with E-state index in [9.17, 15) is 0 Å². The molecule has 0 aromatic carbocycles. The molecule has 2 aliphatic rings. The van der Waals surface area contributed by atoms with Crippen molar-refractivity contribution in [1.29, 1.82) is 0 Å². The van der Waals surface area contributed by atoms with Gasteiger partial charge in [0, 0.05) is 24.4 Å². The lowest BCUT2D eigenvalue weighted by molar-refractivity contribution is 0.0506. The van der Waals surface area contributed by atoms with E-state index >= 15 is 0 Å². The zero-order valence-electron chi connectivity index (χ0n) is 30.9. The number of aryl methyl sites for hydroxylation is 1. The molecule has 0 aliphatic heterocycles. The fourth-order valence-corrected chi connectivity index (χ4v) is 4.39. The Balaban J connectivity index is 0.000000221. The van der Waals surface area contributed by atoms with E-state index in [4.69, 9.17) is 18.9 Å². The van der Waals surface area contributed by atoms with Crippen LogP contribution in [0.5, 0.6) is 17.2 Å². The molecule has 3 aromatic rings. The van der Waals surface area contributed by atoms with E-state index in [2.05, 4.69) is 67.6 Å². The van der Waals surface area contributed by atoms with E-state index in [1.807, 2.05) is 78.2 Å². The van der Waals surface area contributed by atoms with Crippen molar-refractivity contribution in [1.82, 2.24) is 19.9 Å². The van der Waals surface area contributed by atoms with E-state index in [-0.39, 0.29) is 22.4 Å². The van der Waals surface area contributed by atoms with Crippen LogP contribution in [0.4, 0.5) is 0 Å². The topological polar surface area (TPSA) is 88.5 Å². The maximum Gasteiger partial charge on any atom is 0.156 e. The van der Waals surface area contributed by atoms with Crippen molar-refractivity contribution >= 4 is 0 Å². The fraction of sp³-hybridized carbons (Fsp3) is 0.538. The van der Waals surface area contributed by atoms with Crippen molar-refractivity contribution in [3.05, 3.63) is 90.8 Å². The van der Waals surface area contributed by atoms with Crippen molar-refractivity contribution in [2.75, 3.05) is 0 Å². The second-order valence-electron chi connectivity index (χ2n) is 15.4. The largest absolute Gasteiger partial charge is 0.492 e. The Labute approximate surface area is 284 Å². The number of nitrogens with zero attached hydrogens (tertiary/aromatic N) is 4. The van der Waals surface area contributed by atoms with Gasteiger partial charge in [-0.15, -0.1) is 0 Å². The molecular weight excluding hydrogens is 588 g/mol. The summed E-state index contributed by atoms with van der Waals surface area (Å²) in [5, 5.41) is 0. The van der Waals surface area contributed by atoms with Gasteiger partial charge in [-0.2, -0.15) is 0 Å². The van der Waals surface area contributed by atoms with Crippen LogP contribution in [0.2, 0.25) is 0 Å². The minimum atomic E-state index is -0.176. The molecule has 0 N–H and O–H groups in total. The van der Waals surface area contributed by atoms with Crippen molar-refractivity contribution in [2.24, 2.45) is 0 Å². The van der Waals surface area contributed by atoms with E-state index in [0.29, 0.717) is 5.75 Å². The third-order valence-corrected chi connectivity index (χ3v) is 5.84. The van der Waals surface area contributed by atoms with Crippen LogP contribution in [0.15, 0.2) is 79.6 Å². The van der Waals surface area contributed by atoms with Crippen LogP contribution in [0.25, 0.3) is 0 Å². The highest BCUT2D eigenvalue weighted by Crippen LogP contribution is 2.30. The van der Waals surface area contributed by atoms with Crippen molar-refractivity contribution < 1.29 is 18.9 Å². The molecule has 8 heteroatoms. The van der Waals surface area contributed by atoms with E-state index in [1.165, 1.54) is 30.3 Å². The van der Waals surface area contributed by atoms with Gasteiger partial charge in [0.25, 0.3) is 0 Å². The molecule has 258 valence electrons. The second kappa shape index (κ2) is 17.8. The Kier molecular flexibility index (Phi) is 14.9. The number of hydrogen-bond donors (Lipinski definition) is 0. The Bertz CT molecular complexity index is 1330. The number of allylic oxidation sites excluding steroid dienone is 3. The monoisotopic (exact) mass is 646 g/mol. The van der Waals surface area contributed by atoms with Gasteiger partial charge in [0.2, 0.25) is 0 Å². The molecule has 0 amide bonds. The molecule has 0 fully saturated rings. The Morgan fingerprint density at radius 3 is 1.68 bits per heavy atom. The first kappa shape index (κ1) is 39.2. The molecule has 2 aliphatic carbocycles. The third kappa shape index (κ3) is 18.7. The van der Waals surface area contributed by atoms with Crippen molar-refractivity contribution in [2.45, 2.75) is 138 Å². The highest BCUT2D eigenvalue weighted by molar-refractivity contribution is 5.39. The van der Waals surface area contributed by atoms with E-state index in [0.717, 1.165) is 36.5 Å². The number of rotatable bonds is 4. The van der Waals surface area contributed by atoms with Gasteiger partial charge in [-0.3, -0.25) is 9.97 Å². The van der Waals surface area contributed by atoms with Crippen LogP contribution in [-0.4, -0.2) is 42.3 Å². The number of hydrogen-bond acceptors (Lipinski definition) is 8. The van der Waals surface area contributed by atoms with Gasteiger partial charge in [0.1, 0.15) is 46.0 Å². The zero-order valence-corrected chi connectivity index (χ0v) is 30.9. The van der Waals surface area contributed by atoms with Crippen LogP contribution in [0.1, 0.15) is 113 Å². The molecule has 0 spiro atoms. The summed E-state index contributed by atoms with van der Waals surface area (Å²) in [6, 6.07) is 3.76. The third-order valence-electron chi connectivity index (χ3n) is 5.84. The lowest BCUT2D eigenvalue weighted by Gasteiger charge is -2.25. The summed E-state index contributed by atoms with van der Waals surface area (Å²) in [5.41, 5.74) is 2.27. The van der Waals surface area contributed by atoms with E-state index in [1.54, 1.807) is 24.8 Å². The van der Waals surface area contributed by atoms with Gasteiger partial charge in [0.15, 0.2) is 5.75 Å². The number of aromatic nitrogens is 4. The maximum absolute atomic E-state index is 5.94. The number of pyridine rings is 2. The quantitative estimate of drug-likeness (QED) is 0.277. The van der Waals surface area contributed by atoms with Gasteiger partial charge < -0.3 is 18.9 Å². The summed E-state index contributed by atoms with van der Waals surface area (Å²) >= 11 is 0. The van der Waals surface area contributed by atoms with Crippen molar-refractivity contribution in [3.63, 3.8) is 0 Å². The molecule has 3 heterocycles. The van der Waals surface area contributed by atoms with Gasteiger partial charge >= 0.3 is 0 Å². The first-order valence-corrected chi connectivity index (χ1v) is 16.5. The Hall–Kier alpha value is -3.94. The van der Waals surface area contributed by atoms with Gasteiger partial charge in [-0.25, -0.2) is 9.97 Å². The molecule has 0 radical (unpaired) electrons. The summed E-state index contributed by atoms with van der Waals surface area (Å²) in [6.45, 7) is 24.4. The Morgan fingerprint density at radius 2 is 1.15 bits per heavy atom. The van der Waals surface area contributed by atoms with Gasteiger partial charge in [0.05, 0.1) is 24.8 Å². The van der Waals surface area contributed by atoms with Gasteiger partial charge in [-0.05, 0) is 133 Å². The molecule has 0 atom stereocenters. The summed E-state index contributed by atoms with van der Waals surface area (Å²) in [6.07, 6.45) is 24.0. The predicted molar refractivity (Wildman–Crippen MR) is 191 cm³/mol. The van der Waals surface area contributed by atoms with Gasteiger partial charge in [-0.1, -0.05) is 12.2 Å². The first-order valence-electron chi connectivity index (χ1n) is 16.5. The number of fused-ring (bicyclic) bond motifs is 1. The summed E-state index contributed by atoms with van der Waals surface area (Å²) in [5.74, 6) is 3.59. The predicted octanol–water partition coefficient (Wildman–Crippen LogP) is 9.70. The molecule has 5 rings (SSSR count). The average molecular weight is 647 g/mol. The normalized spacial score (nSPS) is 14.0. The summed E-state index contributed by atoms with van der Waals surface area (Å²) < 4.78 is 22.6. The zero-order chi connectivity index (χ0) is 35.1. The molecule has 0 saturated carbocycles. The summed E-state index contributed by atoms with van der Waals surface area (Å²) in [4.78, 5) is 15.9. The lowest BCUT2D eigenvalue weighted by Crippen LogP contribution is -2.24. The highest BCUT2D eigenvalue weighted by atomic mass is 16.5. The average Bonchev–Trinajstić information content (AvgIpc) is 3.44. The molecule has 3 aromatic heterocycles. The Morgan fingerprint density at radius 1 is 0.574 bits per heavy atom. The molecule has 0 saturated heterocycles. The fourth-order valence-electron chi connectivity index (χ4n) is 4.39. The maximum atomic E-state index is 5.94. The molecule has 8 nitrogen and oxygen atoms in total. The van der Waals surface area contributed by atoms with Crippen LogP contribution in [0.3, 0.4) is 0 Å². The van der Waals surface area contributed by atoms with Crippen LogP contribution in [-0.2, 0) is 17.6 Å². The van der Waals surface area contributed by atoms with Crippen LogP contribution in [0, 0.1) is 0 Å². The number of ether oxygens (including phenoxy) is 4. The van der Waals surface area contributed by atoms with Crippen LogP contribution < -0.4 is 14.2 Å². The highest BCUT2D eigenvalue weighted by Gasteiger charge is 2.19. The molecule has 0 bridgehead atoms. The van der Waals surface area contributed by atoms with Crippen molar-refractivity contribution in [3.8, 4) is 17.2 Å². The second-order valence-corrected chi connectivity index (χ2v) is 15.4.